The molecule has 1 unspecified atom stereocenters. The third-order valence-electron chi connectivity index (χ3n) is 2.69. The van der Waals surface area contributed by atoms with Crippen molar-refractivity contribution < 1.29 is 9.13 Å². The second-order valence-electron chi connectivity index (χ2n) is 4.71. The van der Waals surface area contributed by atoms with E-state index in [4.69, 9.17) is 10.5 Å². The van der Waals surface area contributed by atoms with Gasteiger partial charge in [-0.15, -0.1) is 0 Å². The smallest absolute Gasteiger partial charge is 0.270 e. The minimum Gasteiger partial charge on any atom is -0.490 e. The molecule has 21 heavy (non-hydrogen) atoms. The van der Waals surface area contributed by atoms with Crippen LogP contribution in [0.2, 0.25) is 0 Å². The minimum absolute atomic E-state index is 0.123. The highest BCUT2D eigenvalue weighted by molar-refractivity contribution is 9.10. The summed E-state index contributed by atoms with van der Waals surface area (Å²) in [5.74, 6) is 0.0392. The predicted molar refractivity (Wildman–Crippen MR) is 80.8 cm³/mol. The van der Waals surface area contributed by atoms with Crippen LogP contribution in [0.25, 0.3) is 0 Å². The van der Waals surface area contributed by atoms with Crippen molar-refractivity contribution in [2.45, 2.75) is 19.5 Å². The molecule has 0 saturated carbocycles. The lowest BCUT2D eigenvalue weighted by Crippen LogP contribution is -2.26. The average Bonchev–Trinajstić information content (AvgIpc) is 2.42. The third kappa shape index (κ3) is 4.37. The lowest BCUT2D eigenvalue weighted by atomic mass is 10.2. The number of nitrogens with zero attached hydrogens (tertiary/aromatic N) is 2. The van der Waals surface area contributed by atoms with Gasteiger partial charge in [0.15, 0.2) is 0 Å². The van der Waals surface area contributed by atoms with Crippen LogP contribution in [-0.4, -0.2) is 22.4 Å². The van der Waals surface area contributed by atoms with Crippen molar-refractivity contribution in [1.82, 2.24) is 9.78 Å². The molecular formula is C14H15BrFN3O2. The Hall–Kier alpha value is -1.73. The Bertz CT molecular complexity index is 688. The van der Waals surface area contributed by atoms with Crippen LogP contribution in [0.15, 0.2) is 39.7 Å². The van der Waals surface area contributed by atoms with E-state index in [-0.39, 0.29) is 24.0 Å². The molecule has 0 amide bonds. The van der Waals surface area contributed by atoms with Crippen molar-refractivity contribution in [3.8, 4) is 5.75 Å². The summed E-state index contributed by atoms with van der Waals surface area (Å²) >= 11 is 3.26. The molecule has 0 aliphatic rings. The highest BCUT2D eigenvalue weighted by atomic mass is 79.9. The van der Waals surface area contributed by atoms with Gasteiger partial charge in [-0.1, -0.05) is 22.0 Å². The number of rotatable bonds is 5. The van der Waals surface area contributed by atoms with Crippen LogP contribution in [0.4, 0.5) is 4.39 Å². The summed E-state index contributed by atoms with van der Waals surface area (Å²) in [6.45, 7) is 2.36. The number of halogens is 2. The van der Waals surface area contributed by atoms with Crippen molar-refractivity contribution in [3.05, 3.63) is 56.7 Å². The van der Waals surface area contributed by atoms with E-state index in [0.29, 0.717) is 16.8 Å². The van der Waals surface area contributed by atoms with Gasteiger partial charge >= 0.3 is 0 Å². The molecule has 0 aliphatic carbocycles. The number of aromatic nitrogens is 2. The van der Waals surface area contributed by atoms with Crippen molar-refractivity contribution in [2.75, 3.05) is 6.61 Å². The van der Waals surface area contributed by atoms with Crippen molar-refractivity contribution in [3.63, 3.8) is 0 Å². The molecule has 2 aromatic rings. The quantitative estimate of drug-likeness (QED) is 0.889. The zero-order chi connectivity index (χ0) is 15.4. The maximum atomic E-state index is 13.0. The van der Waals surface area contributed by atoms with Gasteiger partial charge in [0.2, 0.25) is 0 Å². The van der Waals surface area contributed by atoms with Crippen LogP contribution in [-0.2, 0) is 6.54 Å². The summed E-state index contributed by atoms with van der Waals surface area (Å²) in [7, 11) is 0. The number of hydrogen-bond donors (Lipinski definition) is 1. The summed E-state index contributed by atoms with van der Waals surface area (Å²) in [6, 6.07) is 5.52. The molecule has 0 bridgehead atoms. The van der Waals surface area contributed by atoms with Gasteiger partial charge in [-0.05, 0) is 24.6 Å². The Labute approximate surface area is 129 Å². The standard InChI is InChI=1S/C14H15BrFN3O2/c1-9(17)8-21-12-5-14(20)19(18-6-12)7-10-2-3-11(16)4-13(10)15/h2-6,9H,7-8,17H2,1H3. The zero-order valence-electron chi connectivity index (χ0n) is 11.4. The summed E-state index contributed by atoms with van der Waals surface area (Å²) in [5, 5.41) is 4.04. The van der Waals surface area contributed by atoms with E-state index < -0.39 is 0 Å². The Kier molecular flexibility index (Phi) is 5.08. The van der Waals surface area contributed by atoms with Crippen molar-refractivity contribution >= 4 is 15.9 Å². The Balaban J connectivity index is 2.16. The summed E-state index contributed by atoms with van der Waals surface area (Å²) < 4.78 is 20.2. The van der Waals surface area contributed by atoms with Crippen LogP contribution >= 0.6 is 15.9 Å². The molecule has 5 nitrogen and oxygen atoms in total. The summed E-state index contributed by atoms with van der Waals surface area (Å²) in [6.07, 6.45) is 1.46. The molecule has 7 heteroatoms. The number of nitrogens with two attached hydrogens (primary N) is 1. The normalized spacial score (nSPS) is 12.2. The molecular weight excluding hydrogens is 341 g/mol. The lowest BCUT2D eigenvalue weighted by Gasteiger charge is -2.10. The maximum Gasteiger partial charge on any atom is 0.270 e. The first-order valence-electron chi connectivity index (χ1n) is 6.35. The SMILES string of the molecule is CC(N)COc1cnn(Cc2ccc(F)cc2Br)c(=O)c1. The van der Waals surface area contributed by atoms with Gasteiger partial charge in [0, 0.05) is 16.6 Å². The predicted octanol–water partition coefficient (Wildman–Crippen LogP) is 1.92. The largest absolute Gasteiger partial charge is 0.490 e. The van der Waals surface area contributed by atoms with E-state index in [2.05, 4.69) is 21.0 Å². The van der Waals surface area contributed by atoms with Gasteiger partial charge in [-0.2, -0.15) is 5.10 Å². The highest BCUT2D eigenvalue weighted by Crippen LogP contribution is 2.18. The van der Waals surface area contributed by atoms with Gasteiger partial charge in [0.05, 0.1) is 12.7 Å². The Morgan fingerprint density at radius 3 is 2.86 bits per heavy atom. The highest BCUT2D eigenvalue weighted by Gasteiger charge is 2.06. The molecule has 1 atom stereocenters. The molecule has 0 fully saturated rings. The minimum atomic E-state index is -0.342. The fraction of sp³-hybridized carbons (Fsp3) is 0.286. The van der Waals surface area contributed by atoms with Crippen LogP contribution < -0.4 is 16.0 Å². The Morgan fingerprint density at radius 2 is 2.24 bits per heavy atom. The van der Waals surface area contributed by atoms with Gasteiger partial charge in [-0.25, -0.2) is 9.07 Å². The van der Waals surface area contributed by atoms with Gasteiger partial charge in [0.1, 0.15) is 18.2 Å². The zero-order valence-corrected chi connectivity index (χ0v) is 13.0. The fourth-order valence-corrected chi connectivity index (χ4v) is 2.13. The van der Waals surface area contributed by atoms with E-state index in [1.54, 1.807) is 13.0 Å². The number of ether oxygens (including phenoxy) is 1. The van der Waals surface area contributed by atoms with E-state index in [1.165, 1.54) is 29.1 Å². The topological polar surface area (TPSA) is 70.1 Å². The first-order valence-corrected chi connectivity index (χ1v) is 7.14. The molecule has 1 aromatic carbocycles. The fourth-order valence-electron chi connectivity index (χ4n) is 1.65. The molecule has 0 aliphatic heterocycles. The molecule has 2 N–H and O–H groups in total. The first-order chi connectivity index (χ1) is 9.95. The second-order valence-corrected chi connectivity index (χ2v) is 5.57. The molecule has 0 saturated heterocycles. The van der Waals surface area contributed by atoms with E-state index in [1.807, 2.05) is 0 Å². The third-order valence-corrected chi connectivity index (χ3v) is 3.43. The van der Waals surface area contributed by atoms with Gasteiger partial charge in [0.25, 0.3) is 5.56 Å². The molecule has 1 heterocycles. The van der Waals surface area contributed by atoms with Gasteiger partial charge < -0.3 is 10.5 Å². The lowest BCUT2D eigenvalue weighted by molar-refractivity contribution is 0.293. The van der Waals surface area contributed by atoms with Crippen molar-refractivity contribution in [2.24, 2.45) is 5.73 Å². The summed E-state index contributed by atoms with van der Waals surface area (Å²) in [5.41, 5.74) is 6.04. The van der Waals surface area contributed by atoms with E-state index in [9.17, 15) is 9.18 Å². The molecule has 112 valence electrons. The molecule has 2 rings (SSSR count). The summed E-state index contributed by atoms with van der Waals surface area (Å²) in [4.78, 5) is 12.0. The van der Waals surface area contributed by atoms with Crippen LogP contribution in [0.5, 0.6) is 5.75 Å². The van der Waals surface area contributed by atoms with E-state index >= 15 is 0 Å². The monoisotopic (exact) mass is 355 g/mol. The molecule has 1 aromatic heterocycles. The van der Waals surface area contributed by atoms with Crippen LogP contribution in [0.1, 0.15) is 12.5 Å². The van der Waals surface area contributed by atoms with Crippen LogP contribution in [0.3, 0.4) is 0 Å². The number of hydrogen-bond acceptors (Lipinski definition) is 4. The van der Waals surface area contributed by atoms with Crippen molar-refractivity contribution in [1.29, 1.82) is 0 Å². The van der Waals surface area contributed by atoms with Crippen LogP contribution in [0, 0.1) is 5.82 Å². The molecule has 0 radical (unpaired) electrons. The molecule has 0 spiro atoms. The Morgan fingerprint density at radius 1 is 1.48 bits per heavy atom. The van der Waals surface area contributed by atoms with Gasteiger partial charge in [-0.3, -0.25) is 4.79 Å². The van der Waals surface area contributed by atoms with E-state index in [0.717, 1.165) is 5.56 Å². The maximum absolute atomic E-state index is 13.0. The first kappa shape index (κ1) is 15.7. The second kappa shape index (κ2) is 6.82. The average molecular weight is 356 g/mol. The number of benzene rings is 1.